The first kappa shape index (κ1) is 18.5. The van der Waals surface area contributed by atoms with Gasteiger partial charge in [-0.05, 0) is 0 Å². The van der Waals surface area contributed by atoms with Crippen LogP contribution in [0.3, 0.4) is 0 Å². The van der Waals surface area contributed by atoms with Gasteiger partial charge < -0.3 is 19.5 Å². The molecular formula is C13H20Cl2N6O. The fourth-order valence-electron chi connectivity index (χ4n) is 2.37. The van der Waals surface area contributed by atoms with E-state index in [-0.39, 0.29) is 24.8 Å². The number of rotatable bonds is 4. The highest BCUT2D eigenvalue weighted by atomic mass is 35.5. The molecule has 0 aliphatic carbocycles. The van der Waals surface area contributed by atoms with Crippen molar-refractivity contribution < 1.29 is 4.74 Å². The van der Waals surface area contributed by atoms with Crippen molar-refractivity contribution in [1.29, 1.82) is 0 Å². The summed E-state index contributed by atoms with van der Waals surface area (Å²) in [4.78, 5) is 15.6. The van der Waals surface area contributed by atoms with Crippen LogP contribution in [0.25, 0.3) is 11.2 Å². The Hall–Kier alpha value is -1.57. The molecule has 1 saturated heterocycles. The first-order chi connectivity index (χ1) is 9.83. The van der Waals surface area contributed by atoms with E-state index in [1.54, 1.807) is 13.4 Å². The van der Waals surface area contributed by atoms with Gasteiger partial charge in [-0.3, -0.25) is 0 Å². The van der Waals surface area contributed by atoms with Crippen molar-refractivity contribution in [1.82, 2.24) is 24.8 Å². The number of piperazine rings is 1. The van der Waals surface area contributed by atoms with Gasteiger partial charge in [-0.2, -0.15) is 9.97 Å². The van der Waals surface area contributed by atoms with Crippen molar-refractivity contribution in [2.75, 3.05) is 38.2 Å². The van der Waals surface area contributed by atoms with Crippen molar-refractivity contribution in [3.05, 3.63) is 19.0 Å². The summed E-state index contributed by atoms with van der Waals surface area (Å²) >= 11 is 0. The molecule has 1 aliphatic heterocycles. The Morgan fingerprint density at radius 1 is 1.32 bits per heavy atom. The molecule has 0 unspecified atom stereocenters. The molecule has 7 nitrogen and oxygen atoms in total. The summed E-state index contributed by atoms with van der Waals surface area (Å²) in [7, 11) is 1.58. The van der Waals surface area contributed by atoms with Crippen LogP contribution in [-0.4, -0.2) is 52.8 Å². The average molecular weight is 347 g/mol. The Labute approximate surface area is 141 Å². The Kier molecular flexibility index (Phi) is 6.86. The van der Waals surface area contributed by atoms with Crippen molar-refractivity contribution in [3.8, 4) is 6.01 Å². The first-order valence-electron chi connectivity index (χ1n) is 6.67. The lowest BCUT2D eigenvalue weighted by atomic mass is 10.3. The fourth-order valence-corrected chi connectivity index (χ4v) is 2.37. The Morgan fingerprint density at radius 3 is 2.68 bits per heavy atom. The van der Waals surface area contributed by atoms with Gasteiger partial charge in [0.05, 0.1) is 13.4 Å². The van der Waals surface area contributed by atoms with Gasteiger partial charge in [-0.1, -0.05) is 6.08 Å². The lowest BCUT2D eigenvalue weighted by Gasteiger charge is -2.28. The number of hydrogen-bond acceptors (Lipinski definition) is 6. The number of anilines is 1. The van der Waals surface area contributed by atoms with Crippen molar-refractivity contribution in [3.63, 3.8) is 0 Å². The molecule has 2 aromatic heterocycles. The highest BCUT2D eigenvalue weighted by Gasteiger charge is 2.20. The quantitative estimate of drug-likeness (QED) is 0.841. The van der Waals surface area contributed by atoms with Crippen LogP contribution in [0.15, 0.2) is 19.0 Å². The first-order valence-corrected chi connectivity index (χ1v) is 6.67. The summed E-state index contributed by atoms with van der Waals surface area (Å²) in [5, 5.41) is 3.33. The maximum atomic E-state index is 5.22. The van der Waals surface area contributed by atoms with Crippen LogP contribution in [0.2, 0.25) is 0 Å². The van der Waals surface area contributed by atoms with E-state index in [9.17, 15) is 0 Å². The average Bonchev–Trinajstić information content (AvgIpc) is 2.91. The molecular weight excluding hydrogens is 327 g/mol. The zero-order chi connectivity index (χ0) is 13.9. The molecule has 122 valence electrons. The van der Waals surface area contributed by atoms with Crippen LogP contribution < -0.4 is 15.0 Å². The molecule has 0 radical (unpaired) electrons. The maximum absolute atomic E-state index is 5.22. The highest BCUT2D eigenvalue weighted by molar-refractivity contribution is 5.86. The number of hydrogen-bond donors (Lipinski definition) is 1. The van der Waals surface area contributed by atoms with Gasteiger partial charge in [-0.15, -0.1) is 31.4 Å². The fraction of sp³-hybridized carbons (Fsp3) is 0.462. The zero-order valence-corrected chi connectivity index (χ0v) is 14.0. The van der Waals surface area contributed by atoms with Gasteiger partial charge in [0.25, 0.3) is 0 Å². The summed E-state index contributed by atoms with van der Waals surface area (Å²) in [5.74, 6) is 0.844. The van der Waals surface area contributed by atoms with Gasteiger partial charge in [-0.25, -0.2) is 4.98 Å². The summed E-state index contributed by atoms with van der Waals surface area (Å²) in [6, 6.07) is 0.372. The highest BCUT2D eigenvalue weighted by Crippen LogP contribution is 2.25. The van der Waals surface area contributed by atoms with E-state index in [2.05, 4.69) is 31.7 Å². The summed E-state index contributed by atoms with van der Waals surface area (Å²) in [5.41, 5.74) is 1.60. The summed E-state index contributed by atoms with van der Waals surface area (Å²) in [6.07, 6.45) is 3.59. The normalized spacial score (nSPS) is 14.1. The molecule has 0 saturated carbocycles. The second kappa shape index (κ2) is 8.17. The zero-order valence-electron chi connectivity index (χ0n) is 12.4. The third-order valence-electron chi connectivity index (χ3n) is 3.35. The third-order valence-corrected chi connectivity index (χ3v) is 3.35. The van der Waals surface area contributed by atoms with Crippen molar-refractivity contribution >= 4 is 41.8 Å². The molecule has 0 atom stereocenters. The van der Waals surface area contributed by atoms with Crippen LogP contribution in [0, 0.1) is 0 Å². The molecule has 0 bridgehead atoms. The predicted octanol–water partition coefficient (Wildman–Crippen LogP) is 1.27. The van der Waals surface area contributed by atoms with Gasteiger partial charge >= 0.3 is 6.01 Å². The van der Waals surface area contributed by atoms with Gasteiger partial charge in [0.2, 0.25) is 0 Å². The number of allylic oxidation sites excluding steroid dienone is 1. The standard InChI is InChI=1S/C13H18N6O.2ClH/c1-3-6-19-9-15-10-11(18-7-4-14-5-8-18)16-13(20-2)17-12(10)19;;/h3,9,14H,1,4-8H2,2H3;2*1H. The number of nitrogens with one attached hydrogen (secondary N) is 1. The van der Waals surface area contributed by atoms with Gasteiger partial charge in [0.1, 0.15) is 0 Å². The Morgan fingerprint density at radius 2 is 2.05 bits per heavy atom. The SMILES string of the molecule is C=CCn1cnc2c(N3CCNCC3)nc(OC)nc21.Cl.Cl. The molecule has 0 aromatic carbocycles. The van der Waals surface area contributed by atoms with Crippen LogP contribution in [0.5, 0.6) is 6.01 Å². The molecule has 0 amide bonds. The molecule has 9 heteroatoms. The van der Waals surface area contributed by atoms with E-state index in [1.807, 2.05) is 10.6 Å². The number of methoxy groups -OCH3 is 1. The number of nitrogens with zero attached hydrogens (tertiary/aromatic N) is 5. The summed E-state index contributed by atoms with van der Waals surface area (Å²) < 4.78 is 7.17. The number of ether oxygens (including phenoxy) is 1. The molecule has 3 heterocycles. The number of halogens is 2. The minimum atomic E-state index is 0. The Balaban J connectivity index is 0.00000121. The van der Waals surface area contributed by atoms with E-state index < -0.39 is 0 Å². The minimum absolute atomic E-state index is 0. The topological polar surface area (TPSA) is 68.1 Å². The molecule has 3 rings (SSSR count). The van der Waals surface area contributed by atoms with Crippen molar-refractivity contribution in [2.45, 2.75) is 6.54 Å². The predicted molar refractivity (Wildman–Crippen MR) is 91.7 cm³/mol. The van der Waals surface area contributed by atoms with E-state index in [1.165, 1.54) is 0 Å². The van der Waals surface area contributed by atoms with Crippen LogP contribution in [0.4, 0.5) is 5.82 Å². The smallest absolute Gasteiger partial charge is 0.320 e. The molecule has 2 aromatic rings. The second-order valence-electron chi connectivity index (χ2n) is 4.63. The minimum Gasteiger partial charge on any atom is -0.467 e. The van der Waals surface area contributed by atoms with Gasteiger partial charge in [0.15, 0.2) is 17.0 Å². The Bertz CT molecular complexity index is 626. The largest absolute Gasteiger partial charge is 0.467 e. The van der Waals surface area contributed by atoms with Crippen molar-refractivity contribution in [2.24, 2.45) is 0 Å². The number of aromatic nitrogens is 4. The number of imidazole rings is 1. The van der Waals surface area contributed by atoms with Gasteiger partial charge in [0, 0.05) is 32.7 Å². The molecule has 1 fully saturated rings. The van der Waals surface area contributed by atoms with E-state index >= 15 is 0 Å². The van der Waals surface area contributed by atoms with Crippen LogP contribution in [-0.2, 0) is 6.54 Å². The molecule has 22 heavy (non-hydrogen) atoms. The van der Waals surface area contributed by atoms with Crippen LogP contribution >= 0.6 is 24.8 Å². The maximum Gasteiger partial charge on any atom is 0.320 e. The summed E-state index contributed by atoms with van der Waals surface area (Å²) in [6.45, 7) is 8.12. The monoisotopic (exact) mass is 346 g/mol. The number of fused-ring (bicyclic) bond motifs is 1. The van der Waals surface area contributed by atoms with E-state index in [0.717, 1.165) is 43.2 Å². The lowest BCUT2D eigenvalue weighted by Crippen LogP contribution is -2.44. The molecule has 1 aliphatic rings. The lowest BCUT2D eigenvalue weighted by molar-refractivity contribution is 0.381. The third kappa shape index (κ3) is 3.43. The second-order valence-corrected chi connectivity index (χ2v) is 4.63. The van der Waals surface area contributed by atoms with E-state index in [0.29, 0.717) is 12.6 Å². The van der Waals surface area contributed by atoms with E-state index in [4.69, 9.17) is 4.74 Å². The van der Waals surface area contributed by atoms with Crippen LogP contribution in [0.1, 0.15) is 0 Å². The molecule has 1 N–H and O–H groups in total. The molecule has 0 spiro atoms.